The van der Waals surface area contributed by atoms with Crippen LogP contribution < -0.4 is 14.2 Å². The Morgan fingerprint density at radius 2 is 1.95 bits per heavy atom. The summed E-state index contributed by atoms with van der Waals surface area (Å²) >= 11 is 6.13. The van der Waals surface area contributed by atoms with Gasteiger partial charge in [0.2, 0.25) is 12.7 Å². The van der Waals surface area contributed by atoms with Gasteiger partial charge in [0, 0.05) is 11.1 Å². The minimum atomic E-state index is 0.226. The van der Waals surface area contributed by atoms with Gasteiger partial charge in [-0.25, -0.2) is 9.97 Å². The molecule has 0 fully saturated rings. The Kier molecular flexibility index (Phi) is 3.01. The fraction of sp³-hybridized carbons (Fsp3) is 0.125. The van der Waals surface area contributed by atoms with Crippen molar-refractivity contribution in [2.45, 2.75) is 6.92 Å². The Labute approximate surface area is 131 Å². The number of hydrogen-bond donors (Lipinski definition) is 0. The van der Waals surface area contributed by atoms with Crippen molar-refractivity contribution < 1.29 is 14.2 Å². The molecule has 22 heavy (non-hydrogen) atoms. The van der Waals surface area contributed by atoms with Crippen molar-refractivity contribution in [2.24, 2.45) is 0 Å². The zero-order valence-electron chi connectivity index (χ0n) is 11.7. The number of benzene rings is 2. The van der Waals surface area contributed by atoms with E-state index in [-0.39, 0.29) is 6.79 Å². The van der Waals surface area contributed by atoms with Gasteiger partial charge >= 0.3 is 0 Å². The number of aromatic nitrogens is 2. The first-order valence-electron chi connectivity index (χ1n) is 6.69. The number of hydrogen-bond acceptors (Lipinski definition) is 5. The lowest BCUT2D eigenvalue weighted by atomic mass is 10.1. The summed E-state index contributed by atoms with van der Waals surface area (Å²) in [5.41, 5.74) is 1.79. The first-order chi connectivity index (χ1) is 10.7. The molecule has 0 unspecified atom stereocenters. The van der Waals surface area contributed by atoms with Crippen molar-refractivity contribution >= 4 is 22.5 Å². The van der Waals surface area contributed by atoms with Crippen LogP contribution >= 0.6 is 11.6 Å². The van der Waals surface area contributed by atoms with Crippen LogP contribution in [0.2, 0.25) is 5.02 Å². The SMILES string of the molecule is Cc1cc(Cl)cc2c(Oc3ccc4c(c3)OCO4)ncnc12. The average Bonchev–Trinajstić information content (AvgIpc) is 2.95. The molecule has 6 heteroatoms. The molecule has 5 nitrogen and oxygen atoms in total. The van der Waals surface area contributed by atoms with E-state index < -0.39 is 0 Å². The van der Waals surface area contributed by atoms with Crippen LogP contribution in [0.3, 0.4) is 0 Å². The van der Waals surface area contributed by atoms with Gasteiger partial charge in [0.05, 0.1) is 10.9 Å². The van der Waals surface area contributed by atoms with Gasteiger partial charge in [0.1, 0.15) is 12.1 Å². The summed E-state index contributed by atoms with van der Waals surface area (Å²) in [5.74, 6) is 2.43. The molecular formula is C16H11ClN2O3. The van der Waals surface area contributed by atoms with E-state index in [1.54, 1.807) is 24.3 Å². The summed E-state index contributed by atoms with van der Waals surface area (Å²) in [4.78, 5) is 8.50. The Balaban J connectivity index is 1.78. The molecule has 1 aliphatic heterocycles. The first kappa shape index (κ1) is 13.2. The lowest BCUT2D eigenvalue weighted by molar-refractivity contribution is 0.174. The van der Waals surface area contributed by atoms with E-state index in [1.807, 2.05) is 13.0 Å². The molecule has 0 saturated heterocycles. The van der Waals surface area contributed by atoms with E-state index in [2.05, 4.69) is 9.97 Å². The molecule has 0 atom stereocenters. The van der Waals surface area contributed by atoms with Crippen LogP contribution in [0.4, 0.5) is 0 Å². The molecule has 0 N–H and O–H groups in total. The van der Waals surface area contributed by atoms with E-state index in [4.69, 9.17) is 25.8 Å². The highest BCUT2D eigenvalue weighted by Gasteiger charge is 2.15. The molecule has 0 radical (unpaired) electrons. The lowest BCUT2D eigenvalue weighted by Gasteiger charge is -2.09. The van der Waals surface area contributed by atoms with E-state index in [0.29, 0.717) is 28.2 Å². The number of aryl methyl sites for hydroxylation is 1. The molecule has 0 aliphatic carbocycles. The van der Waals surface area contributed by atoms with Crippen LogP contribution in [-0.2, 0) is 0 Å². The Morgan fingerprint density at radius 1 is 1.09 bits per heavy atom. The van der Waals surface area contributed by atoms with Crippen LogP contribution in [0, 0.1) is 6.92 Å². The topological polar surface area (TPSA) is 53.5 Å². The summed E-state index contributed by atoms with van der Waals surface area (Å²) in [6.07, 6.45) is 1.48. The van der Waals surface area contributed by atoms with Crippen LogP contribution in [0.5, 0.6) is 23.1 Å². The standard InChI is InChI=1S/C16H11ClN2O3/c1-9-4-10(17)5-12-15(9)18-7-19-16(12)22-11-2-3-13-14(6-11)21-8-20-13/h2-7H,8H2,1H3. The number of rotatable bonds is 2. The van der Waals surface area contributed by atoms with Gasteiger partial charge in [-0.2, -0.15) is 0 Å². The summed E-state index contributed by atoms with van der Waals surface area (Å²) < 4.78 is 16.5. The number of fused-ring (bicyclic) bond motifs is 2. The fourth-order valence-electron chi connectivity index (χ4n) is 2.41. The van der Waals surface area contributed by atoms with Gasteiger partial charge in [-0.15, -0.1) is 0 Å². The predicted octanol–water partition coefficient (Wildman–Crippen LogP) is 4.11. The zero-order valence-corrected chi connectivity index (χ0v) is 12.4. The molecule has 2 heterocycles. The van der Waals surface area contributed by atoms with Crippen molar-refractivity contribution in [3.8, 4) is 23.1 Å². The third-order valence-corrected chi connectivity index (χ3v) is 3.63. The van der Waals surface area contributed by atoms with Gasteiger partial charge in [-0.3, -0.25) is 0 Å². The minimum absolute atomic E-state index is 0.226. The molecule has 0 spiro atoms. The number of ether oxygens (including phenoxy) is 3. The summed E-state index contributed by atoms with van der Waals surface area (Å²) in [7, 11) is 0. The summed E-state index contributed by atoms with van der Waals surface area (Å²) in [5, 5.41) is 1.39. The molecular weight excluding hydrogens is 304 g/mol. The van der Waals surface area contributed by atoms with Gasteiger partial charge in [0.15, 0.2) is 11.5 Å². The molecule has 2 aromatic carbocycles. The molecule has 0 amide bonds. The second kappa shape index (κ2) is 5.03. The molecule has 1 aromatic heterocycles. The second-order valence-electron chi connectivity index (χ2n) is 4.91. The molecule has 1 aliphatic rings. The third kappa shape index (κ3) is 2.19. The quantitative estimate of drug-likeness (QED) is 0.712. The highest BCUT2D eigenvalue weighted by atomic mass is 35.5. The van der Waals surface area contributed by atoms with E-state index in [9.17, 15) is 0 Å². The first-order valence-corrected chi connectivity index (χ1v) is 7.07. The van der Waals surface area contributed by atoms with Crippen molar-refractivity contribution in [2.75, 3.05) is 6.79 Å². The Morgan fingerprint density at radius 3 is 2.86 bits per heavy atom. The Hall–Kier alpha value is -2.53. The van der Waals surface area contributed by atoms with Crippen LogP contribution in [0.25, 0.3) is 10.9 Å². The maximum absolute atomic E-state index is 6.13. The third-order valence-electron chi connectivity index (χ3n) is 3.42. The Bertz CT molecular complexity index is 883. The average molecular weight is 315 g/mol. The summed E-state index contributed by atoms with van der Waals surface area (Å²) in [6.45, 7) is 2.18. The van der Waals surface area contributed by atoms with Gasteiger partial charge in [0.25, 0.3) is 0 Å². The van der Waals surface area contributed by atoms with Crippen molar-refractivity contribution in [3.63, 3.8) is 0 Å². The molecule has 4 rings (SSSR count). The van der Waals surface area contributed by atoms with Gasteiger partial charge < -0.3 is 14.2 Å². The summed E-state index contributed by atoms with van der Waals surface area (Å²) in [6, 6.07) is 9.04. The molecule has 0 bridgehead atoms. The monoisotopic (exact) mass is 314 g/mol. The van der Waals surface area contributed by atoms with E-state index in [1.165, 1.54) is 6.33 Å². The molecule has 0 saturated carbocycles. The largest absolute Gasteiger partial charge is 0.454 e. The van der Waals surface area contributed by atoms with E-state index >= 15 is 0 Å². The maximum atomic E-state index is 6.13. The maximum Gasteiger partial charge on any atom is 0.231 e. The lowest BCUT2D eigenvalue weighted by Crippen LogP contribution is -1.93. The number of halogens is 1. The predicted molar refractivity (Wildman–Crippen MR) is 81.9 cm³/mol. The van der Waals surface area contributed by atoms with Crippen molar-refractivity contribution in [1.29, 1.82) is 0 Å². The fourth-order valence-corrected chi connectivity index (χ4v) is 2.68. The van der Waals surface area contributed by atoms with Crippen LogP contribution in [-0.4, -0.2) is 16.8 Å². The van der Waals surface area contributed by atoms with Gasteiger partial charge in [-0.1, -0.05) is 11.6 Å². The second-order valence-corrected chi connectivity index (χ2v) is 5.35. The zero-order chi connectivity index (χ0) is 15.1. The van der Waals surface area contributed by atoms with Crippen molar-refractivity contribution in [3.05, 3.63) is 47.2 Å². The van der Waals surface area contributed by atoms with E-state index in [0.717, 1.165) is 16.5 Å². The van der Waals surface area contributed by atoms with Crippen molar-refractivity contribution in [1.82, 2.24) is 9.97 Å². The van der Waals surface area contributed by atoms with Crippen LogP contribution in [0.15, 0.2) is 36.7 Å². The molecule has 3 aromatic rings. The minimum Gasteiger partial charge on any atom is -0.454 e. The molecule has 110 valence electrons. The number of nitrogens with zero attached hydrogens (tertiary/aromatic N) is 2. The highest BCUT2D eigenvalue weighted by Crippen LogP contribution is 2.37. The highest BCUT2D eigenvalue weighted by molar-refractivity contribution is 6.31. The smallest absolute Gasteiger partial charge is 0.231 e. The van der Waals surface area contributed by atoms with Gasteiger partial charge in [-0.05, 0) is 36.8 Å². The normalized spacial score (nSPS) is 12.6. The van der Waals surface area contributed by atoms with Crippen LogP contribution in [0.1, 0.15) is 5.56 Å².